The molecule has 0 aliphatic carbocycles. The van der Waals surface area contributed by atoms with Crippen LogP contribution in [0.4, 0.5) is 5.69 Å². The van der Waals surface area contributed by atoms with Crippen LogP contribution in [-0.2, 0) is 11.3 Å². The van der Waals surface area contributed by atoms with E-state index in [1.807, 2.05) is 32.0 Å². The number of esters is 1. The van der Waals surface area contributed by atoms with Gasteiger partial charge in [-0.15, -0.1) is 0 Å². The van der Waals surface area contributed by atoms with E-state index < -0.39 is 0 Å². The Morgan fingerprint density at radius 1 is 1.17 bits per heavy atom. The van der Waals surface area contributed by atoms with Crippen molar-refractivity contribution in [1.29, 1.82) is 0 Å². The summed E-state index contributed by atoms with van der Waals surface area (Å²) in [4.78, 5) is 12.0. The number of ether oxygens (including phenoxy) is 1. The van der Waals surface area contributed by atoms with Gasteiger partial charge in [0.05, 0.1) is 12.2 Å². The van der Waals surface area contributed by atoms with Crippen LogP contribution in [0.15, 0.2) is 42.5 Å². The summed E-state index contributed by atoms with van der Waals surface area (Å²) in [6.45, 7) is 4.96. The van der Waals surface area contributed by atoms with Crippen LogP contribution in [0, 0.1) is 5.92 Å². The van der Waals surface area contributed by atoms with E-state index in [0.717, 1.165) is 11.3 Å². The van der Waals surface area contributed by atoms with Crippen molar-refractivity contribution in [1.82, 2.24) is 0 Å². The third-order valence-electron chi connectivity index (χ3n) is 3.14. The van der Waals surface area contributed by atoms with Gasteiger partial charge in [-0.05, 0) is 41.8 Å². The lowest BCUT2D eigenvalue weighted by Crippen LogP contribution is -2.10. The molecule has 23 heavy (non-hydrogen) atoms. The van der Waals surface area contributed by atoms with E-state index in [4.69, 9.17) is 27.9 Å². The fraction of sp³-hybridized carbons (Fsp3) is 0.278. The first-order valence-corrected chi connectivity index (χ1v) is 8.16. The third-order valence-corrected chi connectivity index (χ3v) is 3.73. The number of hydrogen-bond acceptors (Lipinski definition) is 3. The van der Waals surface area contributed by atoms with E-state index in [0.29, 0.717) is 34.7 Å². The molecule has 0 aliphatic rings. The van der Waals surface area contributed by atoms with Crippen LogP contribution in [0.25, 0.3) is 0 Å². The molecule has 2 aromatic carbocycles. The quantitative estimate of drug-likeness (QED) is 0.706. The number of halogens is 2. The van der Waals surface area contributed by atoms with Crippen LogP contribution in [0.5, 0.6) is 0 Å². The predicted molar refractivity (Wildman–Crippen MR) is 95.4 cm³/mol. The van der Waals surface area contributed by atoms with Crippen molar-refractivity contribution >= 4 is 34.9 Å². The Labute approximate surface area is 146 Å². The monoisotopic (exact) mass is 351 g/mol. The molecule has 2 aromatic rings. The summed E-state index contributed by atoms with van der Waals surface area (Å²) in [5, 5.41) is 4.46. The largest absolute Gasteiger partial charge is 0.462 e. The van der Waals surface area contributed by atoms with Gasteiger partial charge in [0, 0.05) is 22.3 Å². The molecule has 122 valence electrons. The molecular formula is C18H19Cl2NO2. The highest BCUT2D eigenvalue weighted by Gasteiger charge is 2.09. The number of rotatable bonds is 6. The maximum absolute atomic E-state index is 12.0. The van der Waals surface area contributed by atoms with Crippen molar-refractivity contribution in [3.8, 4) is 0 Å². The lowest BCUT2D eigenvalue weighted by molar-refractivity contribution is 0.0459. The third kappa shape index (κ3) is 5.45. The minimum Gasteiger partial charge on any atom is -0.462 e. The van der Waals surface area contributed by atoms with Crippen LogP contribution < -0.4 is 5.32 Å². The molecule has 0 unspecified atom stereocenters. The molecule has 0 aromatic heterocycles. The van der Waals surface area contributed by atoms with Gasteiger partial charge in [0.15, 0.2) is 0 Å². The van der Waals surface area contributed by atoms with Crippen molar-refractivity contribution in [2.45, 2.75) is 20.4 Å². The van der Waals surface area contributed by atoms with Crippen LogP contribution in [0.1, 0.15) is 29.8 Å². The van der Waals surface area contributed by atoms with Crippen molar-refractivity contribution in [3.05, 3.63) is 63.6 Å². The van der Waals surface area contributed by atoms with Crippen molar-refractivity contribution < 1.29 is 9.53 Å². The Hall–Kier alpha value is -1.71. The van der Waals surface area contributed by atoms with Crippen molar-refractivity contribution in [3.63, 3.8) is 0 Å². The smallest absolute Gasteiger partial charge is 0.338 e. The predicted octanol–water partition coefficient (Wildman–Crippen LogP) is 5.42. The molecule has 2 rings (SSSR count). The van der Waals surface area contributed by atoms with Crippen LogP contribution in [-0.4, -0.2) is 12.6 Å². The highest BCUT2D eigenvalue weighted by Crippen LogP contribution is 2.22. The molecule has 0 amide bonds. The van der Waals surface area contributed by atoms with Gasteiger partial charge in [-0.25, -0.2) is 4.79 Å². The molecule has 0 aliphatic heterocycles. The summed E-state index contributed by atoms with van der Waals surface area (Å²) in [5.41, 5.74) is 2.29. The Balaban J connectivity index is 2.01. The number of carbonyl (C=O) groups excluding carboxylic acids is 1. The van der Waals surface area contributed by atoms with Gasteiger partial charge in [0.1, 0.15) is 0 Å². The van der Waals surface area contributed by atoms with Crippen molar-refractivity contribution in [2.24, 2.45) is 5.92 Å². The number of hydrogen-bond donors (Lipinski definition) is 1. The molecule has 3 nitrogen and oxygen atoms in total. The molecular weight excluding hydrogens is 333 g/mol. The standard InChI is InChI=1S/C18H19Cl2NO2/c1-12(2)11-23-18(22)13-4-3-5-16(8-13)21-10-14-6-7-15(19)9-17(14)20/h3-9,12,21H,10-11H2,1-2H3. The first kappa shape index (κ1) is 17.6. The minimum atomic E-state index is -0.313. The summed E-state index contributed by atoms with van der Waals surface area (Å²) >= 11 is 12.0. The molecule has 5 heteroatoms. The van der Waals surface area contributed by atoms with Gasteiger partial charge in [0.25, 0.3) is 0 Å². The average molecular weight is 352 g/mol. The number of benzene rings is 2. The highest BCUT2D eigenvalue weighted by atomic mass is 35.5. The van der Waals surface area contributed by atoms with E-state index in [1.54, 1.807) is 24.3 Å². The van der Waals surface area contributed by atoms with Gasteiger partial charge in [0.2, 0.25) is 0 Å². The zero-order valence-electron chi connectivity index (χ0n) is 13.1. The molecule has 0 fully saturated rings. The van der Waals surface area contributed by atoms with E-state index in [2.05, 4.69) is 5.32 Å². The maximum atomic E-state index is 12.0. The SMILES string of the molecule is CC(C)COC(=O)c1cccc(NCc2ccc(Cl)cc2Cl)c1. The summed E-state index contributed by atoms with van der Waals surface area (Å²) in [6.07, 6.45) is 0. The summed E-state index contributed by atoms with van der Waals surface area (Å²) in [6, 6.07) is 12.6. The second-order valence-corrected chi connectivity index (χ2v) is 6.51. The highest BCUT2D eigenvalue weighted by molar-refractivity contribution is 6.35. The molecule has 0 spiro atoms. The lowest BCUT2D eigenvalue weighted by atomic mass is 10.2. The lowest BCUT2D eigenvalue weighted by Gasteiger charge is -2.11. The van der Waals surface area contributed by atoms with E-state index in [1.165, 1.54) is 0 Å². The molecule has 0 atom stereocenters. The average Bonchev–Trinajstić information content (AvgIpc) is 2.52. The number of anilines is 1. The van der Waals surface area contributed by atoms with E-state index in [-0.39, 0.29) is 5.97 Å². The van der Waals surface area contributed by atoms with Crippen molar-refractivity contribution in [2.75, 3.05) is 11.9 Å². The summed E-state index contributed by atoms with van der Waals surface area (Å²) in [7, 11) is 0. The molecule has 0 saturated heterocycles. The fourth-order valence-electron chi connectivity index (χ4n) is 1.94. The van der Waals surface area contributed by atoms with Gasteiger partial charge in [-0.2, -0.15) is 0 Å². The van der Waals surface area contributed by atoms with Gasteiger partial charge in [-0.3, -0.25) is 0 Å². The molecule has 0 saturated carbocycles. The normalized spacial score (nSPS) is 10.7. The zero-order valence-corrected chi connectivity index (χ0v) is 14.6. The molecule has 0 radical (unpaired) electrons. The second-order valence-electron chi connectivity index (χ2n) is 5.66. The van der Waals surface area contributed by atoms with E-state index in [9.17, 15) is 4.79 Å². The van der Waals surface area contributed by atoms with E-state index >= 15 is 0 Å². The number of nitrogens with one attached hydrogen (secondary N) is 1. The summed E-state index contributed by atoms with van der Waals surface area (Å²) in [5.74, 6) is -0.000760. The van der Waals surface area contributed by atoms with Crippen LogP contribution >= 0.6 is 23.2 Å². The Morgan fingerprint density at radius 2 is 1.96 bits per heavy atom. The number of carbonyl (C=O) groups is 1. The van der Waals surface area contributed by atoms with Crippen LogP contribution in [0.3, 0.4) is 0 Å². The topological polar surface area (TPSA) is 38.3 Å². The Bertz CT molecular complexity index is 686. The molecule has 0 bridgehead atoms. The summed E-state index contributed by atoms with van der Waals surface area (Å²) < 4.78 is 5.24. The Morgan fingerprint density at radius 3 is 2.65 bits per heavy atom. The van der Waals surface area contributed by atoms with Crippen LogP contribution in [0.2, 0.25) is 10.0 Å². The second kappa shape index (κ2) is 8.23. The first-order valence-electron chi connectivity index (χ1n) is 7.40. The van der Waals surface area contributed by atoms with Gasteiger partial charge in [-0.1, -0.05) is 49.2 Å². The maximum Gasteiger partial charge on any atom is 0.338 e. The first-order chi connectivity index (χ1) is 11.0. The Kier molecular flexibility index (Phi) is 6.31. The molecule has 0 heterocycles. The zero-order chi connectivity index (χ0) is 16.8. The van der Waals surface area contributed by atoms with Gasteiger partial charge >= 0.3 is 5.97 Å². The van der Waals surface area contributed by atoms with Gasteiger partial charge < -0.3 is 10.1 Å². The minimum absolute atomic E-state index is 0.312. The molecule has 1 N–H and O–H groups in total. The fourth-order valence-corrected chi connectivity index (χ4v) is 2.42.